The number of likely N-dealkylation sites (N-methyl/N-ethyl adjacent to an activating group) is 3. The lowest BCUT2D eigenvalue weighted by Crippen LogP contribution is -2.43. The molecule has 2 amide bonds. The van der Waals surface area contributed by atoms with Crippen LogP contribution in [0.1, 0.15) is 19.3 Å². The number of nitrogens with zero attached hydrogens (tertiary/aromatic N) is 4. The summed E-state index contributed by atoms with van der Waals surface area (Å²) in [6.07, 6.45) is 1.98. The third-order valence-corrected chi connectivity index (χ3v) is 6.03. The summed E-state index contributed by atoms with van der Waals surface area (Å²) in [6.45, 7) is 8.80. The van der Waals surface area contributed by atoms with Crippen LogP contribution in [0.3, 0.4) is 0 Å². The molecule has 0 aliphatic carbocycles. The normalized spacial score (nSPS) is 10.8. The highest BCUT2D eigenvalue weighted by molar-refractivity contribution is 5.81. The van der Waals surface area contributed by atoms with Gasteiger partial charge in [0.05, 0.1) is 118 Å². The topological polar surface area (TPSA) is 176 Å². The molecule has 0 aliphatic rings. The second-order valence-corrected chi connectivity index (χ2v) is 10.1. The van der Waals surface area contributed by atoms with Gasteiger partial charge in [-0.2, -0.15) is 5.26 Å². The molecule has 0 fully saturated rings. The number of ether oxygens (including phenoxy) is 8. The summed E-state index contributed by atoms with van der Waals surface area (Å²) in [4.78, 5) is 52.4. The maximum atomic E-state index is 12.5. The zero-order chi connectivity index (χ0) is 35.0. The molecule has 0 saturated heterocycles. The number of carbonyl (C=O) groups is 4. The molecule has 0 unspecified atom stereocenters. The van der Waals surface area contributed by atoms with E-state index in [0.29, 0.717) is 79.2 Å². The molecule has 0 bridgehead atoms. The largest absolute Gasteiger partial charge is 0.465 e. The number of nitriles is 1. The summed E-state index contributed by atoms with van der Waals surface area (Å²) in [5.41, 5.74) is 0. The predicted molar refractivity (Wildman–Crippen MR) is 169 cm³/mol. The van der Waals surface area contributed by atoms with Crippen molar-refractivity contribution in [2.45, 2.75) is 19.3 Å². The van der Waals surface area contributed by atoms with Crippen LogP contribution >= 0.6 is 0 Å². The van der Waals surface area contributed by atoms with Gasteiger partial charge in [-0.1, -0.05) is 12.7 Å². The van der Waals surface area contributed by atoms with E-state index in [1.165, 1.54) is 6.08 Å². The standard InChI is InChI=1S/C31H54N4O12/c1-5-12-46-30(38)7-14-40-18-22-44-24-20-42-16-10-34(3)28(36)26-33(2)27-29(37)35(4)11-17-43-21-25-45-23-19-41-15-8-31(39)47-13-6-9-32/h5H,1,6-8,10-27H2,2-4H3. The van der Waals surface area contributed by atoms with Gasteiger partial charge in [-0.3, -0.25) is 24.1 Å². The summed E-state index contributed by atoms with van der Waals surface area (Å²) in [6, 6.07) is 1.89. The van der Waals surface area contributed by atoms with Gasteiger partial charge < -0.3 is 47.7 Å². The van der Waals surface area contributed by atoms with Crippen molar-refractivity contribution in [2.24, 2.45) is 0 Å². The first-order valence-electron chi connectivity index (χ1n) is 15.6. The molecule has 0 rings (SSSR count). The van der Waals surface area contributed by atoms with Crippen LogP contribution in [0.2, 0.25) is 0 Å². The molecule has 16 nitrogen and oxygen atoms in total. The number of hydrogen-bond acceptors (Lipinski definition) is 14. The van der Waals surface area contributed by atoms with E-state index in [4.69, 9.17) is 43.2 Å². The van der Waals surface area contributed by atoms with Gasteiger partial charge >= 0.3 is 11.9 Å². The van der Waals surface area contributed by atoms with Crippen LogP contribution in [-0.2, 0) is 57.1 Å². The van der Waals surface area contributed by atoms with Gasteiger partial charge in [0.15, 0.2) is 0 Å². The molecule has 47 heavy (non-hydrogen) atoms. The van der Waals surface area contributed by atoms with Crippen LogP contribution in [0, 0.1) is 11.3 Å². The number of carbonyl (C=O) groups excluding carboxylic acids is 4. The Bertz CT molecular complexity index is 902. The van der Waals surface area contributed by atoms with Crippen LogP contribution in [0.15, 0.2) is 12.7 Å². The molecule has 0 aromatic rings. The first-order chi connectivity index (χ1) is 22.7. The van der Waals surface area contributed by atoms with Crippen molar-refractivity contribution in [3.8, 4) is 6.07 Å². The fourth-order valence-electron chi connectivity index (χ4n) is 3.31. The smallest absolute Gasteiger partial charge is 0.308 e. The Morgan fingerprint density at radius 2 is 0.979 bits per heavy atom. The fourth-order valence-corrected chi connectivity index (χ4v) is 3.31. The van der Waals surface area contributed by atoms with Crippen molar-refractivity contribution in [3.63, 3.8) is 0 Å². The first-order valence-corrected chi connectivity index (χ1v) is 15.6. The van der Waals surface area contributed by atoms with Crippen LogP contribution in [0.4, 0.5) is 0 Å². The zero-order valence-corrected chi connectivity index (χ0v) is 28.3. The number of rotatable bonds is 32. The lowest BCUT2D eigenvalue weighted by atomic mass is 10.4. The lowest BCUT2D eigenvalue weighted by Gasteiger charge is -2.24. The second kappa shape index (κ2) is 31.4. The van der Waals surface area contributed by atoms with Gasteiger partial charge in [0.1, 0.15) is 13.2 Å². The quantitative estimate of drug-likeness (QED) is 0.0525. The first kappa shape index (κ1) is 43.8. The number of amides is 2. The molecule has 0 saturated carbocycles. The maximum absolute atomic E-state index is 12.5. The van der Waals surface area contributed by atoms with E-state index in [1.807, 2.05) is 6.07 Å². The maximum Gasteiger partial charge on any atom is 0.308 e. The molecule has 0 radical (unpaired) electrons. The van der Waals surface area contributed by atoms with Gasteiger partial charge in [-0.25, -0.2) is 0 Å². The van der Waals surface area contributed by atoms with Crippen LogP contribution in [0.5, 0.6) is 0 Å². The van der Waals surface area contributed by atoms with Crippen molar-refractivity contribution >= 4 is 23.8 Å². The monoisotopic (exact) mass is 674 g/mol. The Kier molecular flexibility index (Phi) is 29.3. The van der Waals surface area contributed by atoms with Crippen molar-refractivity contribution in [2.75, 3.05) is 140 Å². The minimum Gasteiger partial charge on any atom is -0.465 e. The Labute approximate surface area is 278 Å². The van der Waals surface area contributed by atoms with E-state index >= 15 is 0 Å². The van der Waals surface area contributed by atoms with Crippen LogP contribution in [0.25, 0.3) is 0 Å². The highest BCUT2D eigenvalue weighted by atomic mass is 16.6. The zero-order valence-electron chi connectivity index (χ0n) is 28.3. The minimum absolute atomic E-state index is 0.0910. The molecule has 270 valence electrons. The highest BCUT2D eigenvalue weighted by Gasteiger charge is 2.16. The Hall–Kier alpha value is -3.17. The van der Waals surface area contributed by atoms with Crippen molar-refractivity contribution < 1.29 is 57.1 Å². The van der Waals surface area contributed by atoms with E-state index in [-0.39, 0.29) is 76.6 Å². The van der Waals surface area contributed by atoms with Crippen molar-refractivity contribution in [1.29, 1.82) is 5.26 Å². The van der Waals surface area contributed by atoms with Gasteiger partial charge in [0.2, 0.25) is 11.8 Å². The average molecular weight is 675 g/mol. The third kappa shape index (κ3) is 28.8. The fraction of sp³-hybridized carbons (Fsp3) is 0.774. The molecule has 0 N–H and O–H groups in total. The van der Waals surface area contributed by atoms with E-state index in [1.54, 1.807) is 35.8 Å². The molecule has 16 heteroatoms. The Morgan fingerprint density at radius 1 is 0.596 bits per heavy atom. The minimum atomic E-state index is -0.401. The summed E-state index contributed by atoms with van der Waals surface area (Å²) >= 11 is 0. The molecular weight excluding hydrogens is 620 g/mol. The summed E-state index contributed by atoms with van der Waals surface area (Å²) in [7, 11) is 5.07. The molecule has 0 aromatic carbocycles. The van der Waals surface area contributed by atoms with Crippen molar-refractivity contribution in [3.05, 3.63) is 12.7 Å². The Balaban J connectivity index is 3.70. The van der Waals surface area contributed by atoms with Crippen LogP contribution < -0.4 is 0 Å². The summed E-state index contributed by atoms with van der Waals surface area (Å²) in [5.74, 6) is -0.995. The molecular formula is C31H54N4O12. The average Bonchev–Trinajstić information content (AvgIpc) is 3.04. The van der Waals surface area contributed by atoms with Gasteiger partial charge in [-0.15, -0.1) is 0 Å². The molecule has 0 aromatic heterocycles. The molecule has 0 spiro atoms. The summed E-state index contributed by atoms with van der Waals surface area (Å²) < 4.78 is 42.1. The van der Waals surface area contributed by atoms with E-state index < -0.39 is 5.97 Å². The van der Waals surface area contributed by atoms with Gasteiger partial charge in [0.25, 0.3) is 0 Å². The molecule has 0 aliphatic heterocycles. The lowest BCUT2D eigenvalue weighted by molar-refractivity contribution is -0.145. The molecule has 0 atom stereocenters. The highest BCUT2D eigenvalue weighted by Crippen LogP contribution is 1.95. The van der Waals surface area contributed by atoms with E-state index in [9.17, 15) is 19.2 Å². The number of esters is 2. The molecule has 0 heterocycles. The number of hydrogen-bond donors (Lipinski definition) is 0. The van der Waals surface area contributed by atoms with E-state index in [0.717, 1.165) is 0 Å². The van der Waals surface area contributed by atoms with Gasteiger partial charge in [-0.05, 0) is 7.05 Å². The SMILES string of the molecule is C=CCOC(=O)CCOCCOCCOCCN(C)C(=O)CN(C)CC(=O)N(C)CCOCCOCCOCCC(=O)OCCC#N. The second-order valence-electron chi connectivity index (χ2n) is 10.1. The Morgan fingerprint density at radius 3 is 1.38 bits per heavy atom. The van der Waals surface area contributed by atoms with E-state index in [2.05, 4.69) is 6.58 Å². The van der Waals surface area contributed by atoms with Crippen molar-refractivity contribution in [1.82, 2.24) is 14.7 Å². The van der Waals surface area contributed by atoms with Gasteiger partial charge in [0, 0.05) is 27.2 Å². The summed E-state index contributed by atoms with van der Waals surface area (Å²) in [5, 5.41) is 8.40. The predicted octanol–water partition coefficient (Wildman–Crippen LogP) is -0.0991. The van der Waals surface area contributed by atoms with Crippen LogP contribution in [-0.4, -0.2) is 178 Å². The third-order valence-electron chi connectivity index (χ3n) is 6.03.